The highest BCUT2D eigenvalue weighted by Gasteiger charge is 2.47. The van der Waals surface area contributed by atoms with Crippen molar-refractivity contribution in [2.45, 2.75) is 38.8 Å². The minimum absolute atomic E-state index is 0.0987. The normalized spacial score (nSPS) is 22.6. The van der Waals surface area contributed by atoms with E-state index in [9.17, 15) is 14.7 Å². The fourth-order valence-electron chi connectivity index (χ4n) is 4.42. The van der Waals surface area contributed by atoms with Crippen LogP contribution in [0, 0.1) is 13.8 Å². The number of anilines is 1. The Morgan fingerprint density at radius 1 is 1.09 bits per heavy atom. The minimum Gasteiger partial charge on any atom is -0.507 e. The molecule has 0 saturated carbocycles. The zero-order valence-electron chi connectivity index (χ0n) is 19.1. The first-order chi connectivity index (χ1) is 15.3. The summed E-state index contributed by atoms with van der Waals surface area (Å²) in [5.74, 6) is -1.38. The van der Waals surface area contributed by atoms with Crippen LogP contribution in [0.2, 0.25) is 0 Å². The largest absolute Gasteiger partial charge is 0.507 e. The number of aryl methyl sites for hydroxylation is 2. The van der Waals surface area contributed by atoms with Crippen LogP contribution in [0.3, 0.4) is 0 Å². The molecule has 6 heteroatoms. The molecule has 2 aliphatic rings. The molecule has 0 spiro atoms. The topological polar surface area (TPSA) is 70.1 Å². The smallest absolute Gasteiger partial charge is 0.295 e. The number of nitrogens with zero attached hydrogens (tertiary/aromatic N) is 2. The lowest BCUT2D eigenvalue weighted by atomic mass is 9.94. The van der Waals surface area contributed by atoms with Crippen molar-refractivity contribution in [2.24, 2.45) is 0 Å². The lowest BCUT2D eigenvalue weighted by Crippen LogP contribution is -2.36. The third-order valence-electron chi connectivity index (χ3n) is 6.47. The van der Waals surface area contributed by atoms with Gasteiger partial charge in [-0.3, -0.25) is 9.59 Å². The number of likely N-dealkylation sites (tertiary alicyclic amines) is 1. The minimum atomic E-state index is -0.656. The van der Waals surface area contributed by atoms with Crippen molar-refractivity contribution in [2.75, 3.05) is 32.1 Å². The maximum absolute atomic E-state index is 13.2. The van der Waals surface area contributed by atoms with Crippen LogP contribution in [0.5, 0.6) is 0 Å². The number of carbonyl (C=O) groups is 2. The number of benzene rings is 2. The number of hydrogen-bond acceptors (Lipinski definition) is 5. The monoisotopic (exact) mass is 434 g/mol. The predicted octanol–water partition coefficient (Wildman–Crippen LogP) is 3.97. The van der Waals surface area contributed by atoms with Crippen LogP contribution < -0.4 is 4.90 Å². The molecule has 2 aromatic rings. The van der Waals surface area contributed by atoms with Crippen LogP contribution in [-0.2, 0) is 14.3 Å². The lowest BCUT2D eigenvalue weighted by Gasteiger charge is -2.28. The molecule has 2 saturated heterocycles. The zero-order chi connectivity index (χ0) is 23.0. The van der Waals surface area contributed by atoms with Gasteiger partial charge in [0, 0.05) is 38.5 Å². The second-order valence-corrected chi connectivity index (χ2v) is 8.87. The molecule has 0 aromatic heterocycles. The molecule has 2 atom stereocenters. The summed E-state index contributed by atoms with van der Waals surface area (Å²) in [6.07, 6.45) is 1.70. The molecule has 1 amide bonds. The maximum Gasteiger partial charge on any atom is 0.295 e. The summed E-state index contributed by atoms with van der Waals surface area (Å²) < 4.78 is 5.75. The molecule has 0 radical (unpaired) electrons. The van der Waals surface area contributed by atoms with E-state index in [4.69, 9.17) is 4.74 Å². The van der Waals surface area contributed by atoms with E-state index in [1.165, 1.54) is 0 Å². The number of amides is 1. The van der Waals surface area contributed by atoms with Crippen molar-refractivity contribution >= 4 is 23.1 Å². The summed E-state index contributed by atoms with van der Waals surface area (Å²) >= 11 is 0. The van der Waals surface area contributed by atoms with Crippen molar-refractivity contribution in [3.05, 3.63) is 70.3 Å². The van der Waals surface area contributed by atoms with Crippen LogP contribution in [0.1, 0.15) is 41.1 Å². The number of aliphatic hydroxyl groups excluding tert-OH is 1. The molecule has 168 valence electrons. The van der Waals surface area contributed by atoms with Gasteiger partial charge in [-0.2, -0.15) is 0 Å². The fraction of sp³-hybridized carbons (Fsp3) is 0.385. The molecule has 2 fully saturated rings. The molecule has 1 N–H and O–H groups in total. The molecular weight excluding hydrogens is 404 g/mol. The van der Waals surface area contributed by atoms with Crippen molar-refractivity contribution in [1.29, 1.82) is 0 Å². The van der Waals surface area contributed by atoms with E-state index < -0.39 is 17.7 Å². The standard InChI is InChI=1S/C26H30N2O4/c1-16-7-8-19(14-17(16)2)24(29)22-23(18-9-11-20(12-10-18)27(3)4)28(26(31)25(22)30)15-21-6-5-13-32-21/h7-12,14,21,23,29H,5-6,13,15H2,1-4H3/b24-22-. The molecule has 2 unspecified atom stereocenters. The third-order valence-corrected chi connectivity index (χ3v) is 6.47. The van der Waals surface area contributed by atoms with Gasteiger partial charge in [-0.15, -0.1) is 0 Å². The van der Waals surface area contributed by atoms with Gasteiger partial charge in [0.25, 0.3) is 11.7 Å². The molecule has 0 aliphatic carbocycles. The molecule has 2 heterocycles. The van der Waals surface area contributed by atoms with Gasteiger partial charge in [-0.05, 0) is 61.6 Å². The van der Waals surface area contributed by atoms with Gasteiger partial charge in [0.1, 0.15) is 5.76 Å². The second kappa shape index (κ2) is 8.79. The van der Waals surface area contributed by atoms with E-state index in [2.05, 4.69) is 0 Å². The third kappa shape index (κ3) is 4.02. The van der Waals surface area contributed by atoms with Gasteiger partial charge in [0.05, 0.1) is 17.7 Å². The van der Waals surface area contributed by atoms with Gasteiger partial charge >= 0.3 is 0 Å². The Balaban J connectivity index is 1.82. The number of aliphatic hydroxyl groups is 1. The average Bonchev–Trinajstić information content (AvgIpc) is 3.37. The van der Waals surface area contributed by atoms with E-state index in [1.807, 2.05) is 69.2 Å². The maximum atomic E-state index is 13.2. The van der Waals surface area contributed by atoms with Crippen LogP contribution in [-0.4, -0.2) is 55.0 Å². The van der Waals surface area contributed by atoms with E-state index in [-0.39, 0.29) is 17.4 Å². The highest BCUT2D eigenvalue weighted by atomic mass is 16.5. The van der Waals surface area contributed by atoms with Gasteiger partial charge in [0.2, 0.25) is 0 Å². The van der Waals surface area contributed by atoms with Crippen molar-refractivity contribution in [3.63, 3.8) is 0 Å². The van der Waals surface area contributed by atoms with Crippen molar-refractivity contribution < 1.29 is 19.4 Å². The Morgan fingerprint density at radius 2 is 1.81 bits per heavy atom. The summed E-state index contributed by atoms with van der Waals surface area (Å²) in [4.78, 5) is 29.8. The van der Waals surface area contributed by atoms with Gasteiger partial charge < -0.3 is 19.6 Å². The lowest BCUT2D eigenvalue weighted by molar-refractivity contribution is -0.140. The molecule has 2 aliphatic heterocycles. The van der Waals surface area contributed by atoms with Crippen molar-refractivity contribution in [3.8, 4) is 0 Å². The van der Waals surface area contributed by atoms with Crippen LogP contribution in [0.15, 0.2) is 48.0 Å². The Hall–Kier alpha value is -3.12. The zero-order valence-corrected chi connectivity index (χ0v) is 19.1. The summed E-state index contributed by atoms with van der Waals surface area (Å²) in [5.41, 5.74) is 4.58. The molecular formula is C26H30N2O4. The Morgan fingerprint density at radius 3 is 2.41 bits per heavy atom. The summed E-state index contributed by atoms with van der Waals surface area (Å²) in [7, 11) is 3.91. The fourth-order valence-corrected chi connectivity index (χ4v) is 4.42. The number of carbonyl (C=O) groups excluding carboxylic acids is 2. The van der Waals surface area contributed by atoms with E-state index in [1.54, 1.807) is 11.0 Å². The molecule has 4 rings (SSSR count). The number of ether oxygens (including phenoxy) is 1. The first-order valence-electron chi connectivity index (χ1n) is 11.0. The number of hydrogen-bond donors (Lipinski definition) is 1. The predicted molar refractivity (Wildman–Crippen MR) is 125 cm³/mol. The van der Waals surface area contributed by atoms with E-state index in [0.717, 1.165) is 35.2 Å². The van der Waals surface area contributed by atoms with Gasteiger partial charge in [-0.25, -0.2) is 0 Å². The summed E-state index contributed by atoms with van der Waals surface area (Å²) in [6, 6.07) is 12.6. The number of ketones is 1. The van der Waals surface area contributed by atoms with Crippen molar-refractivity contribution in [1.82, 2.24) is 4.90 Å². The average molecular weight is 435 g/mol. The summed E-state index contributed by atoms with van der Waals surface area (Å²) in [6.45, 7) is 4.94. The first-order valence-corrected chi connectivity index (χ1v) is 11.0. The number of rotatable bonds is 5. The Labute approximate surface area is 189 Å². The number of Topliss-reactive ketones (excluding diaryl/α,β-unsaturated/α-hetero) is 1. The van der Waals surface area contributed by atoms with Crippen LogP contribution in [0.4, 0.5) is 5.69 Å². The Kier molecular flexibility index (Phi) is 6.07. The quantitative estimate of drug-likeness (QED) is 0.438. The van der Waals surface area contributed by atoms with Gasteiger partial charge in [-0.1, -0.05) is 24.3 Å². The SMILES string of the molecule is Cc1ccc(/C(O)=C2/C(=O)C(=O)N(CC3CCCO3)C2c2ccc(N(C)C)cc2)cc1C. The summed E-state index contributed by atoms with van der Waals surface area (Å²) in [5, 5.41) is 11.2. The highest BCUT2D eigenvalue weighted by molar-refractivity contribution is 6.46. The first kappa shape index (κ1) is 22.1. The van der Waals surface area contributed by atoms with E-state index >= 15 is 0 Å². The molecule has 2 aromatic carbocycles. The van der Waals surface area contributed by atoms with E-state index in [0.29, 0.717) is 18.7 Å². The molecule has 32 heavy (non-hydrogen) atoms. The van der Waals surface area contributed by atoms with Gasteiger partial charge in [0.15, 0.2) is 0 Å². The molecule has 6 nitrogen and oxygen atoms in total. The van der Waals surface area contributed by atoms with Crippen LogP contribution in [0.25, 0.3) is 5.76 Å². The molecule has 0 bridgehead atoms. The van der Waals surface area contributed by atoms with Crippen LogP contribution >= 0.6 is 0 Å². The second-order valence-electron chi connectivity index (χ2n) is 8.87. The highest BCUT2D eigenvalue weighted by Crippen LogP contribution is 2.40. The Bertz CT molecular complexity index is 1070.